The first kappa shape index (κ1) is 20.3. The number of fused-ring (bicyclic) bond motifs is 2. The first-order chi connectivity index (χ1) is 15.7. The Labute approximate surface area is 186 Å². The molecule has 1 atom stereocenters. The lowest BCUT2D eigenvalue weighted by Gasteiger charge is -2.24. The molecule has 2 aromatic heterocycles. The molecule has 0 saturated carbocycles. The van der Waals surface area contributed by atoms with Crippen LogP contribution in [0.25, 0.3) is 21.9 Å². The number of aryl methyl sites for hydroxylation is 1. The van der Waals surface area contributed by atoms with Crippen LogP contribution in [0.1, 0.15) is 37.6 Å². The van der Waals surface area contributed by atoms with E-state index in [1.807, 2.05) is 48.7 Å². The standard InChI is InChI=1S/C25H27N5O2/c1-2-13-29-21-10-6-5-9-20(21)28-23(29)15-27-25(32)22-11-12-24(31)30(22)16-17-14-26-19-8-4-3-7-18(17)19/h3-10,14,22,26H,2,11-13,15-16H2,1H3,(H,27,32). The van der Waals surface area contributed by atoms with Gasteiger partial charge < -0.3 is 19.8 Å². The van der Waals surface area contributed by atoms with Crippen LogP contribution in [0, 0.1) is 0 Å². The van der Waals surface area contributed by atoms with Gasteiger partial charge in [0, 0.05) is 36.6 Å². The molecule has 7 nitrogen and oxygen atoms in total. The van der Waals surface area contributed by atoms with Gasteiger partial charge in [-0.15, -0.1) is 0 Å². The Morgan fingerprint density at radius 2 is 2.00 bits per heavy atom. The third-order valence-corrected chi connectivity index (χ3v) is 6.25. The predicted octanol–water partition coefficient (Wildman–Crippen LogP) is 3.74. The summed E-state index contributed by atoms with van der Waals surface area (Å²) in [4.78, 5) is 35.4. The van der Waals surface area contributed by atoms with Gasteiger partial charge in [0.15, 0.2) is 0 Å². The van der Waals surface area contributed by atoms with E-state index in [0.29, 0.717) is 25.9 Å². The third-order valence-electron chi connectivity index (χ3n) is 6.25. The minimum atomic E-state index is -0.458. The van der Waals surface area contributed by atoms with Crippen molar-refractivity contribution in [3.8, 4) is 0 Å². The van der Waals surface area contributed by atoms with Gasteiger partial charge in [0.1, 0.15) is 11.9 Å². The summed E-state index contributed by atoms with van der Waals surface area (Å²) in [5.41, 5.74) is 4.07. The van der Waals surface area contributed by atoms with E-state index in [1.165, 1.54) is 0 Å². The highest BCUT2D eigenvalue weighted by Gasteiger charge is 2.36. The highest BCUT2D eigenvalue weighted by atomic mass is 16.2. The van der Waals surface area contributed by atoms with E-state index < -0.39 is 6.04 Å². The zero-order valence-electron chi connectivity index (χ0n) is 18.2. The number of amides is 2. The van der Waals surface area contributed by atoms with Crippen molar-refractivity contribution in [3.63, 3.8) is 0 Å². The van der Waals surface area contributed by atoms with Gasteiger partial charge in [0.05, 0.1) is 17.6 Å². The largest absolute Gasteiger partial charge is 0.361 e. The molecular weight excluding hydrogens is 402 g/mol. The van der Waals surface area contributed by atoms with Crippen molar-refractivity contribution in [2.24, 2.45) is 0 Å². The zero-order chi connectivity index (χ0) is 22.1. The monoisotopic (exact) mass is 429 g/mol. The van der Waals surface area contributed by atoms with Crippen molar-refractivity contribution in [1.29, 1.82) is 0 Å². The number of nitrogens with one attached hydrogen (secondary N) is 2. The minimum absolute atomic E-state index is 0.0219. The fourth-order valence-electron chi connectivity index (χ4n) is 4.67. The van der Waals surface area contributed by atoms with Crippen LogP contribution in [-0.4, -0.2) is 37.3 Å². The molecule has 7 heteroatoms. The average molecular weight is 430 g/mol. The summed E-state index contributed by atoms with van der Waals surface area (Å²) in [6.07, 6.45) is 3.85. The molecular formula is C25H27N5O2. The number of carbonyl (C=O) groups is 2. The second-order valence-electron chi connectivity index (χ2n) is 8.32. The normalized spacial score (nSPS) is 16.3. The Morgan fingerprint density at radius 3 is 2.88 bits per heavy atom. The molecule has 1 aliphatic heterocycles. The summed E-state index contributed by atoms with van der Waals surface area (Å²) in [5, 5.41) is 4.13. The zero-order valence-corrected chi connectivity index (χ0v) is 18.2. The molecule has 2 amide bonds. The summed E-state index contributed by atoms with van der Waals surface area (Å²) in [6.45, 7) is 3.75. The molecule has 0 aliphatic carbocycles. The predicted molar refractivity (Wildman–Crippen MR) is 124 cm³/mol. The molecule has 1 unspecified atom stereocenters. The van der Waals surface area contributed by atoms with Gasteiger partial charge in [0.25, 0.3) is 0 Å². The number of imidazole rings is 1. The van der Waals surface area contributed by atoms with E-state index >= 15 is 0 Å². The van der Waals surface area contributed by atoms with E-state index in [2.05, 4.69) is 27.9 Å². The van der Waals surface area contributed by atoms with Crippen molar-refractivity contribution in [1.82, 2.24) is 24.8 Å². The van der Waals surface area contributed by atoms with Gasteiger partial charge in [-0.3, -0.25) is 9.59 Å². The van der Waals surface area contributed by atoms with Crippen molar-refractivity contribution in [2.75, 3.05) is 0 Å². The van der Waals surface area contributed by atoms with E-state index in [9.17, 15) is 9.59 Å². The highest BCUT2D eigenvalue weighted by Crippen LogP contribution is 2.26. The van der Waals surface area contributed by atoms with E-state index in [1.54, 1.807) is 4.90 Å². The lowest BCUT2D eigenvalue weighted by molar-refractivity contribution is -0.135. The van der Waals surface area contributed by atoms with Gasteiger partial charge >= 0.3 is 0 Å². The fraction of sp³-hybridized carbons (Fsp3) is 0.320. The van der Waals surface area contributed by atoms with Crippen LogP contribution in [0.15, 0.2) is 54.7 Å². The smallest absolute Gasteiger partial charge is 0.243 e. The number of carbonyl (C=O) groups excluding carboxylic acids is 2. The van der Waals surface area contributed by atoms with Crippen LogP contribution < -0.4 is 5.32 Å². The summed E-state index contributed by atoms with van der Waals surface area (Å²) in [7, 11) is 0. The first-order valence-corrected chi connectivity index (χ1v) is 11.2. The second-order valence-corrected chi connectivity index (χ2v) is 8.32. The molecule has 0 spiro atoms. The summed E-state index contributed by atoms with van der Waals surface area (Å²) in [5.74, 6) is 0.744. The van der Waals surface area contributed by atoms with Crippen LogP contribution in [0.3, 0.4) is 0 Å². The molecule has 2 N–H and O–H groups in total. The Hall–Kier alpha value is -3.61. The number of likely N-dealkylation sites (tertiary alicyclic amines) is 1. The summed E-state index contributed by atoms with van der Waals surface area (Å²) >= 11 is 0. The molecule has 32 heavy (non-hydrogen) atoms. The molecule has 0 bridgehead atoms. The number of nitrogens with zero attached hydrogens (tertiary/aromatic N) is 3. The Bertz CT molecular complexity index is 1290. The van der Waals surface area contributed by atoms with Crippen molar-refractivity contribution < 1.29 is 9.59 Å². The van der Waals surface area contributed by atoms with Crippen molar-refractivity contribution in [2.45, 2.75) is 51.9 Å². The maximum absolute atomic E-state index is 13.1. The second kappa shape index (κ2) is 8.49. The molecule has 3 heterocycles. The van der Waals surface area contributed by atoms with Crippen LogP contribution >= 0.6 is 0 Å². The Balaban J connectivity index is 1.32. The van der Waals surface area contributed by atoms with Crippen molar-refractivity contribution in [3.05, 3.63) is 66.1 Å². The minimum Gasteiger partial charge on any atom is -0.361 e. The fourth-order valence-corrected chi connectivity index (χ4v) is 4.67. The lowest BCUT2D eigenvalue weighted by Crippen LogP contribution is -2.44. The molecule has 2 aromatic carbocycles. The van der Waals surface area contributed by atoms with Gasteiger partial charge in [-0.2, -0.15) is 0 Å². The number of benzene rings is 2. The van der Waals surface area contributed by atoms with Gasteiger partial charge in [-0.05, 0) is 36.6 Å². The van der Waals surface area contributed by atoms with E-state index in [0.717, 1.165) is 46.3 Å². The molecule has 1 aliphatic rings. The Morgan fingerprint density at radius 1 is 1.19 bits per heavy atom. The maximum Gasteiger partial charge on any atom is 0.243 e. The molecule has 5 rings (SSSR count). The molecule has 1 saturated heterocycles. The van der Waals surface area contributed by atoms with Crippen molar-refractivity contribution >= 4 is 33.8 Å². The third kappa shape index (κ3) is 3.64. The van der Waals surface area contributed by atoms with Gasteiger partial charge in [-0.1, -0.05) is 37.3 Å². The highest BCUT2D eigenvalue weighted by molar-refractivity contribution is 5.91. The quantitative estimate of drug-likeness (QED) is 0.470. The number of aromatic amines is 1. The number of rotatable bonds is 7. The van der Waals surface area contributed by atoms with Crippen LogP contribution in [0.5, 0.6) is 0 Å². The Kier molecular flexibility index (Phi) is 5.39. The van der Waals surface area contributed by atoms with Gasteiger partial charge in [-0.25, -0.2) is 4.98 Å². The lowest BCUT2D eigenvalue weighted by atomic mass is 10.1. The van der Waals surface area contributed by atoms with Crippen LogP contribution in [0.2, 0.25) is 0 Å². The van der Waals surface area contributed by atoms with Crippen LogP contribution in [0.4, 0.5) is 0 Å². The number of hydrogen-bond acceptors (Lipinski definition) is 3. The average Bonchev–Trinajstić information content (AvgIpc) is 3.49. The summed E-state index contributed by atoms with van der Waals surface area (Å²) in [6, 6.07) is 15.6. The van der Waals surface area contributed by atoms with Gasteiger partial charge in [0.2, 0.25) is 11.8 Å². The topological polar surface area (TPSA) is 83.0 Å². The first-order valence-electron chi connectivity index (χ1n) is 11.2. The molecule has 0 radical (unpaired) electrons. The molecule has 1 fully saturated rings. The number of H-pyrrole nitrogens is 1. The van der Waals surface area contributed by atoms with E-state index in [-0.39, 0.29) is 11.8 Å². The maximum atomic E-state index is 13.1. The van der Waals surface area contributed by atoms with E-state index in [4.69, 9.17) is 4.98 Å². The molecule has 164 valence electrons. The summed E-state index contributed by atoms with van der Waals surface area (Å²) < 4.78 is 2.17. The number of hydrogen-bond donors (Lipinski definition) is 2. The van der Waals surface area contributed by atoms with Crippen LogP contribution in [-0.2, 0) is 29.2 Å². The number of para-hydroxylation sites is 3. The SMILES string of the molecule is CCCn1c(CNC(=O)C2CCC(=O)N2Cc2c[nH]c3ccccc23)nc2ccccc21. The molecule has 4 aromatic rings. The number of aromatic nitrogens is 3.